The molecule has 2 rings (SSSR count). The van der Waals surface area contributed by atoms with Crippen LogP contribution in [0.5, 0.6) is 0 Å². The van der Waals surface area contributed by atoms with Crippen LogP contribution in [0.25, 0.3) is 0 Å². The molecule has 5 heteroatoms. The van der Waals surface area contributed by atoms with Crippen molar-refractivity contribution in [2.75, 3.05) is 6.54 Å². The lowest BCUT2D eigenvalue weighted by molar-refractivity contribution is -0.148. The van der Waals surface area contributed by atoms with Crippen molar-refractivity contribution < 1.29 is 14.7 Å². The number of carbonyl (C=O) groups is 2. The van der Waals surface area contributed by atoms with Gasteiger partial charge in [-0.2, -0.15) is 0 Å². The third-order valence-electron chi connectivity index (χ3n) is 6.06. The Bertz CT molecular complexity index is 454. The van der Waals surface area contributed by atoms with Crippen LogP contribution in [0.2, 0.25) is 0 Å². The molecule has 1 heterocycles. The van der Waals surface area contributed by atoms with E-state index >= 15 is 0 Å². The molecule has 1 saturated heterocycles. The molecule has 2 amide bonds. The zero-order valence-corrected chi connectivity index (χ0v) is 14.0. The number of hydrogen-bond donors (Lipinski definition) is 2. The molecule has 0 spiro atoms. The van der Waals surface area contributed by atoms with E-state index in [9.17, 15) is 14.7 Å². The van der Waals surface area contributed by atoms with Crippen molar-refractivity contribution in [3.05, 3.63) is 0 Å². The van der Waals surface area contributed by atoms with Crippen molar-refractivity contribution in [3.63, 3.8) is 0 Å². The van der Waals surface area contributed by atoms with Gasteiger partial charge >= 0.3 is 12.0 Å². The van der Waals surface area contributed by atoms with E-state index in [1.807, 2.05) is 13.8 Å². The van der Waals surface area contributed by atoms with Gasteiger partial charge in [-0.25, -0.2) is 9.59 Å². The maximum Gasteiger partial charge on any atom is 0.327 e. The fraction of sp³-hybridized carbons (Fsp3) is 0.875. The summed E-state index contributed by atoms with van der Waals surface area (Å²) in [5, 5.41) is 12.6. The van der Waals surface area contributed by atoms with Crippen molar-refractivity contribution >= 4 is 12.0 Å². The molecule has 2 fully saturated rings. The molecule has 0 bridgehead atoms. The number of hydrogen-bond acceptors (Lipinski definition) is 2. The number of amides is 2. The molecule has 2 aliphatic rings. The Morgan fingerprint density at radius 1 is 1.10 bits per heavy atom. The summed E-state index contributed by atoms with van der Waals surface area (Å²) in [6, 6.07) is -0.896. The third kappa shape index (κ3) is 2.40. The van der Waals surface area contributed by atoms with Crippen LogP contribution in [0, 0.1) is 16.2 Å². The Labute approximate surface area is 127 Å². The minimum absolute atomic E-state index is 0.0483. The van der Waals surface area contributed by atoms with Gasteiger partial charge in [-0.1, -0.05) is 41.5 Å². The van der Waals surface area contributed by atoms with Crippen molar-refractivity contribution in [3.8, 4) is 0 Å². The van der Waals surface area contributed by atoms with Gasteiger partial charge in [0.15, 0.2) is 0 Å². The Balaban J connectivity index is 2.13. The van der Waals surface area contributed by atoms with Gasteiger partial charge in [0.25, 0.3) is 0 Å². The summed E-state index contributed by atoms with van der Waals surface area (Å²) in [4.78, 5) is 25.7. The van der Waals surface area contributed by atoms with E-state index in [1.54, 1.807) is 0 Å². The number of piperidine rings is 1. The van der Waals surface area contributed by atoms with E-state index in [4.69, 9.17) is 0 Å². The van der Waals surface area contributed by atoms with E-state index in [1.165, 1.54) is 4.90 Å². The second-order valence-corrected chi connectivity index (χ2v) is 8.35. The van der Waals surface area contributed by atoms with Gasteiger partial charge in [0, 0.05) is 12.6 Å². The minimum atomic E-state index is -0.913. The topological polar surface area (TPSA) is 69.6 Å². The molecule has 120 valence electrons. The molecule has 5 nitrogen and oxygen atoms in total. The molecule has 1 aliphatic heterocycles. The largest absolute Gasteiger partial charge is 0.480 e. The summed E-state index contributed by atoms with van der Waals surface area (Å²) in [6.45, 7) is 12.9. The van der Waals surface area contributed by atoms with E-state index in [0.717, 1.165) is 12.8 Å². The smallest absolute Gasteiger partial charge is 0.327 e. The van der Waals surface area contributed by atoms with E-state index < -0.39 is 17.4 Å². The molecule has 0 aromatic heterocycles. The van der Waals surface area contributed by atoms with Crippen LogP contribution < -0.4 is 5.32 Å². The van der Waals surface area contributed by atoms with E-state index in [2.05, 4.69) is 33.0 Å². The first-order valence-corrected chi connectivity index (χ1v) is 7.73. The molecule has 21 heavy (non-hydrogen) atoms. The predicted molar refractivity (Wildman–Crippen MR) is 81.0 cm³/mol. The van der Waals surface area contributed by atoms with Gasteiger partial charge in [-0.3, -0.25) is 0 Å². The zero-order chi connectivity index (χ0) is 16.2. The molecule has 1 aliphatic carbocycles. The van der Waals surface area contributed by atoms with Gasteiger partial charge in [0.2, 0.25) is 0 Å². The Kier molecular flexibility index (Phi) is 3.54. The quantitative estimate of drug-likeness (QED) is 0.823. The maximum absolute atomic E-state index is 12.6. The van der Waals surface area contributed by atoms with Crippen LogP contribution in [0.1, 0.15) is 54.4 Å². The monoisotopic (exact) mass is 296 g/mol. The molecule has 1 atom stereocenters. The first-order valence-electron chi connectivity index (χ1n) is 7.73. The number of likely N-dealkylation sites (tertiary alicyclic amines) is 1. The van der Waals surface area contributed by atoms with Crippen molar-refractivity contribution in [2.45, 2.75) is 66.5 Å². The molecular weight excluding hydrogens is 268 g/mol. The highest BCUT2D eigenvalue weighted by Crippen LogP contribution is 2.62. The number of rotatable bonds is 2. The minimum Gasteiger partial charge on any atom is -0.480 e. The fourth-order valence-corrected chi connectivity index (χ4v) is 3.84. The van der Waals surface area contributed by atoms with Gasteiger partial charge in [-0.05, 0) is 29.1 Å². The van der Waals surface area contributed by atoms with Gasteiger partial charge in [0.1, 0.15) is 6.04 Å². The number of urea groups is 1. The number of nitrogens with zero attached hydrogens (tertiary/aromatic N) is 1. The normalized spacial score (nSPS) is 29.8. The summed E-state index contributed by atoms with van der Waals surface area (Å²) in [5.41, 5.74) is -0.296. The van der Waals surface area contributed by atoms with Crippen molar-refractivity contribution in [2.24, 2.45) is 16.2 Å². The Morgan fingerprint density at radius 3 is 2.05 bits per heavy atom. The molecule has 1 saturated carbocycles. The van der Waals surface area contributed by atoms with Crippen LogP contribution >= 0.6 is 0 Å². The number of carbonyl (C=O) groups excluding carboxylic acids is 1. The maximum atomic E-state index is 12.6. The molecule has 0 radical (unpaired) electrons. The average molecular weight is 296 g/mol. The summed E-state index contributed by atoms with van der Waals surface area (Å²) < 4.78 is 0. The summed E-state index contributed by atoms with van der Waals surface area (Å²) >= 11 is 0. The standard InChI is InChI=1S/C16H28N2O3/c1-14(2)8-7-9-18(10(14)11(19)20)13(21)17-12-15(3,4)16(12,5)6/h10,12H,7-9H2,1-6H3,(H,17,21)(H,19,20). The zero-order valence-electron chi connectivity index (χ0n) is 14.0. The Hall–Kier alpha value is -1.26. The van der Waals surface area contributed by atoms with Crippen LogP contribution in [0.15, 0.2) is 0 Å². The first-order chi connectivity index (χ1) is 9.43. The van der Waals surface area contributed by atoms with Gasteiger partial charge < -0.3 is 15.3 Å². The molecule has 2 N–H and O–H groups in total. The summed E-state index contributed by atoms with van der Waals surface area (Å²) in [6.07, 6.45) is 1.68. The Morgan fingerprint density at radius 2 is 1.62 bits per heavy atom. The van der Waals surface area contributed by atoms with Crippen LogP contribution in [0.3, 0.4) is 0 Å². The highest BCUT2D eigenvalue weighted by molar-refractivity contribution is 5.84. The van der Waals surface area contributed by atoms with Crippen LogP contribution in [-0.2, 0) is 4.79 Å². The third-order valence-corrected chi connectivity index (χ3v) is 6.06. The highest BCUT2D eigenvalue weighted by atomic mass is 16.4. The average Bonchev–Trinajstić information content (AvgIpc) is 2.69. The number of carboxylic acid groups (broad SMARTS) is 1. The molecule has 0 aromatic rings. The van der Waals surface area contributed by atoms with Gasteiger partial charge in [-0.15, -0.1) is 0 Å². The molecular formula is C16H28N2O3. The lowest BCUT2D eigenvalue weighted by atomic mass is 9.76. The van der Waals surface area contributed by atoms with Crippen molar-refractivity contribution in [1.29, 1.82) is 0 Å². The van der Waals surface area contributed by atoms with Crippen molar-refractivity contribution in [1.82, 2.24) is 10.2 Å². The number of carboxylic acids is 1. The number of aliphatic carboxylic acids is 1. The summed E-state index contributed by atoms with van der Waals surface area (Å²) in [5.74, 6) is -0.913. The SMILES string of the molecule is CC1(C)CCCN(C(=O)NC2C(C)(C)C2(C)C)C1C(=O)O. The summed E-state index contributed by atoms with van der Waals surface area (Å²) in [7, 11) is 0. The van der Waals surface area contributed by atoms with Crippen LogP contribution in [0.4, 0.5) is 4.79 Å². The lowest BCUT2D eigenvalue weighted by Crippen LogP contribution is -2.59. The van der Waals surface area contributed by atoms with Gasteiger partial charge in [0.05, 0.1) is 0 Å². The molecule has 0 aromatic carbocycles. The first kappa shape index (κ1) is 16.1. The fourth-order valence-electron chi connectivity index (χ4n) is 3.84. The van der Waals surface area contributed by atoms with E-state index in [-0.39, 0.29) is 22.9 Å². The predicted octanol–water partition coefficient (Wildman–Crippen LogP) is 2.71. The molecule has 1 unspecified atom stereocenters. The van der Waals surface area contributed by atoms with E-state index in [0.29, 0.717) is 6.54 Å². The van der Waals surface area contributed by atoms with Crippen LogP contribution in [-0.4, -0.2) is 40.6 Å². The lowest BCUT2D eigenvalue weighted by Gasteiger charge is -2.43. The number of nitrogens with one attached hydrogen (secondary N) is 1. The highest BCUT2D eigenvalue weighted by Gasteiger charge is 2.66. The second kappa shape index (κ2) is 4.62. The second-order valence-electron chi connectivity index (χ2n) is 8.35.